The third-order valence-corrected chi connectivity index (χ3v) is 4.34. The smallest absolute Gasteiger partial charge is 0.101 e. The largest absolute Gasteiger partial charge is 0.366 e. The van der Waals surface area contributed by atoms with Crippen LogP contribution < -0.4 is 4.90 Å². The van der Waals surface area contributed by atoms with E-state index in [1.165, 1.54) is 11.1 Å². The molecule has 0 spiro atoms. The molecule has 106 valence electrons. The standard InChI is InChI=1S/C18H17ClN2/c19-11-14-7-8-18(17(10-14)12-20)21-9-3-6-15-4-1-2-5-16(15)13-21/h1-2,4-5,7-8,10H,3,6,9,11,13H2. The molecule has 0 saturated heterocycles. The molecular formula is C18H17ClN2. The lowest BCUT2D eigenvalue weighted by atomic mass is 10.0. The highest BCUT2D eigenvalue weighted by Crippen LogP contribution is 2.27. The van der Waals surface area contributed by atoms with Gasteiger partial charge < -0.3 is 4.90 Å². The fourth-order valence-electron chi connectivity index (χ4n) is 2.94. The number of nitrogens with zero attached hydrogens (tertiary/aromatic N) is 2. The van der Waals surface area contributed by atoms with Gasteiger partial charge in [0.25, 0.3) is 0 Å². The van der Waals surface area contributed by atoms with E-state index in [4.69, 9.17) is 11.6 Å². The van der Waals surface area contributed by atoms with Gasteiger partial charge in [-0.25, -0.2) is 0 Å². The van der Waals surface area contributed by atoms with Crippen LogP contribution in [0, 0.1) is 11.3 Å². The number of hydrogen-bond acceptors (Lipinski definition) is 2. The Hall–Kier alpha value is -1.98. The number of anilines is 1. The molecule has 0 aliphatic carbocycles. The van der Waals surface area contributed by atoms with Crippen LogP contribution in [-0.2, 0) is 18.8 Å². The Bertz CT molecular complexity index is 688. The summed E-state index contributed by atoms with van der Waals surface area (Å²) >= 11 is 5.86. The number of benzene rings is 2. The summed E-state index contributed by atoms with van der Waals surface area (Å²) in [6.45, 7) is 1.84. The van der Waals surface area contributed by atoms with Crippen molar-refractivity contribution in [2.24, 2.45) is 0 Å². The van der Waals surface area contributed by atoms with E-state index in [1.54, 1.807) is 0 Å². The zero-order valence-electron chi connectivity index (χ0n) is 11.8. The molecule has 3 heteroatoms. The number of rotatable bonds is 2. The molecule has 2 aromatic rings. The van der Waals surface area contributed by atoms with Gasteiger partial charge in [-0.3, -0.25) is 0 Å². The van der Waals surface area contributed by atoms with E-state index < -0.39 is 0 Å². The Labute approximate surface area is 130 Å². The van der Waals surface area contributed by atoms with Crippen LogP contribution in [0.4, 0.5) is 5.69 Å². The predicted octanol–water partition coefficient (Wildman–Crippen LogP) is 4.25. The number of hydrogen-bond donors (Lipinski definition) is 0. The molecular weight excluding hydrogens is 280 g/mol. The van der Waals surface area contributed by atoms with Crippen molar-refractivity contribution in [1.82, 2.24) is 0 Å². The van der Waals surface area contributed by atoms with Crippen LogP contribution in [0.3, 0.4) is 0 Å². The zero-order chi connectivity index (χ0) is 14.7. The van der Waals surface area contributed by atoms with Crippen molar-refractivity contribution in [3.63, 3.8) is 0 Å². The summed E-state index contributed by atoms with van der Waals surface area (Å²) in [5.74, 6) is 0.442. The van der Waals surface area contributed by atoms with Gasteiger partial charge in [0, 0.05) is 19.0 Å². The number of aryl methyl sites for hydroxylation is 1. The van der Waals surface area contributed by atoms with Gasteiger partial charge in [0.15, 0.2) is 0 Å². The molecule has 1 aliphatic heterocycles. The fourth-order valence-corrected chi connectivity index (χ4v) is 3.10. The monoisotopic (exact) mass is 296 g/mol. The second-order valence-electron chi connectivity index (χ2n) is 5.39. The van der Waals surface area contributed by atoms with Crippen molar-refractivity contribution in [2.45, 2.75) is 25.3 Å². The van der Waals surface area contributed by atoms with Gasteiger partial charge in [0.1, 0.15) is 6.07 Å². The topological polar surface area (TPSA) is 27.0 Å². The van der Waals surface area contributed by atoms with Crippen molar-refractivity contribution >= 4 is 17.3 Å². The van der Waals surface area contributed by atoms with Crippen LogP contribution in [0.5, 0.6) is 0 Å². The summed E-state index contributed by atoms with van der Waals surface area (Å²) in [6.07, 6.45) is 2.22. The number of alkyl halides is 1. The summed E-state index contributed by atoms with van der Waals surface area (Å²) in [5, 5.41) is 9.41. The van der Waals surface area contributed by atoms with Gasteiger partial charge in [-0.2, -0.15) is 5.26 Å². The molecule has 1 heterocycles. The van der Waals surface area contributed by atoms with Crippen molar-refractivity contribution < 1.29 is 0 Å². The minimum absolute atomic E-state index is 0.442. The summed E-state index contributed by atoms with van der Waals surface area (Å²) in [4.78, 5) is 2.31. The molecule has 1 aliphatic rings. The Kier molecular flexibility index (Phi) is 4.13. The third-order valence-electron chi connectivity index (χ3n) is 4.03. The molecule has 0 saturated carbocycles. The first kappa shape index (κ1) is 14.0. The minimum atomic E-state index is 0.442. The lowest BCUT2D eigenvalue weighted by molar-refractivity contribution is 0.765. The molecule has 0 radical (unpaired) electrons. The Balaban J connectivity index is 1.96. The highest BCUT2D eigenvalue weighted by Gasteiger charge is 2.17. The zero-order valence-corrected chi connectivity index (χ0v) is 12.6. The van der Waals surface area contributed by atoms with Gasteiger partial charge in [-0.05, 0) is 41.7 Å². The van der Waals surface area contributed by atoms with Gasteiger partial charge in [0.05, 0.1) is 11.3 Å². The van der Waals surface area contributed by atoms with Gasteiger partial charge >= 0.3 is 0 Å². The van der Waals surface area contributed by atoms with E-state index in [-0.39, 0.29) is 0 Å². The van der Waals surface area contributed by atoms with Crippen LogP contribution in [0.25, 0.3) is 0 Å². The average molecular weight is 297 g/mol. The minimum Gasteiger partial charge on any atom is -0.366 e. The molecule has 2 aromatic carbocycles. The third kappa shape index (κ3) is 2.89. The number of nitriles is 1. The van der Waals surface area contributed by atoms with Crippen LogP contribution in [0.2, 0.25) is 0 Å². The first-order valence-electron chi connectivity index (χ1n) is 7.22. The summed E-state index contributed by atoms with van der Waals surface area (Å²) < 4.78 is 0. The van der Waals surface area contributed by atoms with E-state index in [1.807, 2.05) is 18.2 Å². The predicted molar refractivity (Wildman–Crippen MR) is 86.5 cm³/mol. The fraction of sp³-hybridized carbons (Fsp3) is 0.278. The molecule has 0 atom stereocenters. The molecule has 0 amide bonds. The number of fused-ring (bicyclic) bond motifs is 1. The highest BCUT2D eigenvalue weighted by molar-refractivity contribution is 6.17. The van der Waals surface area contributed by atoms with Gasteiger partial charge in [-0.15, -0.1) is 11.6 Å². The molecule has 2 nitrogen and oxygen atoms in total. The second kappa shape index (κ2) is 6.20. The number of halogens is 1. The molecule has 21 heavy (non-hydrogen) atoms. The van der Waals surface area contributed by atoms with E-state index in [0.717, 1.165) is 37.2 Å². The summed E-state index contributed by atoms with van der Waals surface area (Å²) in [5.41, 5.74) is 5.51. The Morgan fingerprint density at radius 2 is 1.95 bits per heavy atom. The van der Waals surface area contributed by atoms with E-state index >= 15 is 0 Å². The van der Waals surface area contributed by atoms with Gasteiger partial charge in [-0.1, -0.05) is 30.3 Å². The van der Waals surface area contributed by atoms with Crippen LogP contribution in [0.15, 0.2) is 42.5 Å². The Morgan fingerprint density at radius 1 is 1.14 bits per heavy atom. The maximum atomic E-state index is 9.41. The first-order valence-corrected chi connectivity index (χ1v) is 7.76. The van der Waals surface area contributed by atoms with Crippen molar-refractivity contribution in [3.05, 3.63) is 64.7 Å². The van der Waals surface area contributed by atoms with E-state index in [2.05, 4.69) is 35.2 Å². The molecule has 0 unspecified atom stereocenters. The first-order chi connectivity index (χ1) is 10.3. The van der Waals surface area contributed by atoms with Gasteiger partial charge in [0.2, 0.25) is 0 Å². The quantitative estimate of drug-likeness (QED) is 0.775. The van der Waals surface area contributed by atoms with Crippen LogP contribution in [-0.4, -0.2) is 6.54 Å². The average Bonchev–Trinajstić information content (AvgIpc) is 2.76. The molecule has 0 aromatic heterocycles. The molecule has 3 rings (SSSR count). The van der Waals surface area contributed by atoms with E-state index in [0.29, 0.717) is 11.4 Å². The molecule has 0 bridgehead atoms. The van der Waals surface area contributed by atoms with Crippen LogP contribution >= 0.6 is 11.6 Å². The molecule has 0 fully saturated rings. The SMILES string of the molecule is N#Cc1cc(CCl)ccc1N1CCCc2ccccc2C1. The lowest BCUT2D eigenvalue weighted by Gasteiger charge is -2.24. The molecule has 0 N–H and O–H groups in total. The summed E-state index contributed by atoms with van der Waals surface area (Å²) in [7, 11) is 0. The maximum Gasteiger partial charge on any atom is 0.101 e. The Morgan fingerprint density at radius 3 is 2.71 bits per heavy atom. The van der Waals surface area contributed by atoms with Crippen LogP contribution in [0.1, 0.15) is 28.7 Å². The second-order valence-corrected chi connectivity index (χ2v) is 5.66. The van der Waals surface area contributed by atoms with Crippen molar-refractivity contribution in [2.75, 3.05) is 11.4 Å². The maximum absolute atomic E-state index is 9.41. The lowest BCUT2D eigenvalue weighted by Crippen LogP contribution is -2.23. The highest BCUT2D eigenvalue weighted by atomic mass is 35.5. The summed E-state index contributed by atoms with van der Waals surface area (Å²) in [6, 6.07) is 16.8. The normalized spacial score (nSPS) is 14.2. The van der Waals surface area contributed by atoms with Crippen molar-refractivity contribution in [1.29, 1.82) is 5.26 Å². The van der Waals surface area contributed by atoms with Crippen molar-refractivity contribution in [3.8, 4) is 6.07 Å². The van der Waals surface area contributed by atoms with E-state index in [9.17, 15) is 5.26 Å².